The second-order valence-corrected chi connectivity index (χ2v) is 5.82. The van der Waals surface area contributed by atoms with Gasteiger partial charge in [-0.1, -0.05) is 30.3 Å². The Balaban J connectivity index is 1.86. The van der Waals surface area contributed by atoms with E-state index < -0.39 is 5.97 Å². The number of benzene rings is 2. The number of methoxy groups -OCH3 is 1. The van der Waals surface area contributed by atoms with Gasteiger partial charge in [-0.15, -0.1) is 0 Å². The molecule has 1 heterocycles. The van der Waals surface area contributed by atoms with E-state index in [0.717, 1.165) is 16.9 Å². The molecule has 5 heteroatoms. The first-order valence-corrected chi connectivity index (χ1v) is 7.85. The lowest BCUT2D eigenvalue weighted by molar-refractivity contribution is -0.137. The standard InChI is InChI=1S/C19H19NO4/c1-24-14-8-6-13(7-9-14)12-20-17(10-11-18(21)22)15-4-2-3-5-16(15)19(20)23/h2-9,17H,10-12H2,1H3,(H,21,22). The van der Waals surface area contributed by atoms with Crippen molar-refractivity contribution >= 4 is 11.9 Å². The topological polar surface area (TPSA) is 66.8 Å². The monoisotopic (exact) mass is 325 g/mol. The van der Waals surface area contributed by atoms with Crippen molar-refractivity contribution in [1.82, 2.24) is 4.90 Å². The smallest absolute Gasteiger partial charge is 0.303 e. The molecule has 1 aliphatic rings. The summed E-state index contributed by atoms with van der Waals surface area (Å²) < 4.78 is 5.15. The van der Waals surface area contributed by atoms with Crippen LogP contribution in [0.2, 0.25) is 0 Å². The molecule has 0 saturated carbocycles. The molecule has 0 bridgehead atoms. The summed E-state index contributed by atoms with van der Waals surface area (Å²) in [6.07, 6.45) is 0.444. The lowest BCUT2D eigenvalue weighted by Gasteiger charge is -2.25. The van der Waals surface area contributed by atoms with Crippen LogP contribution in [0.1, 0.15) is 40.4 Å². The fourth-order valence-corrected chi connectivity index (χ4v) is 3.13. The predicted molar refractivity (Wildman–Crippen MR) is 88.9 cm³/mol. The number of ether oxygens (including phenoxy) is 1. The molecule has 3 rings (SSSR count). The van der Waals surface area contributed by atoms with Gasteiger partial charge >= 0.3 is 5.97 Å². The summed E-state index contributed by atoms with van der Waals surface area (Å²) in [6.45, 7) is 0.446. The van der Waals surface area contributed by atoms with Gasteiger partial charge in [0.25, 0.3) is 5.91 Å². The highest BCUT2D eigenvalue weighted by molar-refractivity contribution is 5.99. The number of amides is 1. The van der Waals surface area contributed by atoms with Crippen molar-refractivity contribution in [2.75, 3.05) is 7.11 Å². The Labute approximate surface area is 140 Å². The van der Waals surface area contributed by atoms with Crippen molar-refractivity contribution in [2.24, 2.45) is 0 Å². The van der Waals surface area contributed by atoms with Crippen molar-refractivity contribution in [3.8, 4) is 5.75 Å². The van der Waals surface area contributed by atoms with Gasteiger partial charge in [-0.2, -0.15) is 0 Å². The first-order valence-electron chi connectivity index (χ1n) is 7.85. The van der Waals surface area contributed by atoms with Gasteiger partial charge in [0.05, 0.1) is 13.2 Å². The molecule has 1 unspecified atom stereocenters. The first-order chi connectivity index (χ1) is 11.6. The van der Waals surface area contributed by atoms with E-state index in [1.54, 1.807) is 18.1 Å². The number of carboxylic acids is 1. The fourth-order valence-electron chi connectivity index (χ4n) is 3.13. The molecule has 124 valence electrons. The van der Waals surface area contributed by atoms with Crippen LogP contribution in [0.3, 0.4) is 0 Å². The van der Waals surface area contributed by atoms with Crippen molar-refractivity contribution in [1.29, 1.82) is 0 Å². The van der Waals surface area contributed by atoms with Gasteiger partial charge in [-0.05, 0) is 35.7 Å². The number of aliphatic carboxylic acids is 1. The van der Waals surface area contributed by atoms with Gasteiger partial charge in [0, 0.05) is 18.5 Å². The van der Waals surface area contributed by atoms with Gasteiger partial charge in [0.1, 0.15) is 5.75 Å². The maximum Gasteiger partial charge on any atom is 0.303 e. The zero-order chi connectivity index (χ0) is 17.1. The molecular formula is C19H19NO4. The highest BCUT2D eigenvalue weighted by Crippen LogP contribution is 2.37. The van der Waals surface area contributed by atoms with E-state index in [1.807, 2.05) is 42.5 Å². The minimum absolute atomic E-state index is 0.0331. The molecule has 0 saturated heterocycles. The van der Waals surface area contributed by atoms with Crippen molar-refractivity contribution in [2.45, 2.75) is 25.4 Å². The van der Waals surface area contributed by atoms with Crippen LogP contribution in [-0.2, 0) is 11.3 Å². The van der Waals surface area contributed by atoms with Crippen LogP contribution in [0.15, 0.2) is 48.5 Å². The lowest BCUT2D eigenvalue weighted by atomic mass is 10.0. The molecular weight excluding hydrogens is 306 g/mol. The van der Waals surface area contributed by atoms with E-state index >= 15 is 0 Å². The minimum atomic E-state index is -0.851. The van der Waals surface area contributed by atoms with Gasteiger partial charge in [-0.3, -0.25) is 9.59 Å². The third-order valence-electron chi connectivity index (χ3n) is 4.33. The largest absolute Gasteiger partial charge is 0.497 e. The van der Waals surface area contributed by atoms with E-state index in [4.69, 9.17) is 9.84 Å². The molecule has 2 aromatic rings. The molecule has 2 aromatic carbocycles. The van der Waals surface area contributed by atoms with Crippen LogP contribution in [0, 0.1) is 0 Å². The average molecular weight is 325 g/mol. The van der Waals surface area contributed by atoms with Crippen LogP contribution in [0.25, 0.3) is 0 Å². The molecule has 1 amide bonds. The molecule has 0 radical (unpaired) electrons. The number of nitrogens with zero attached hydrogens (tertiary/aromatic N) is 1. The molecule has 1 atom stereocenters. The number of fused-ring (bicyclic) bond motifs is 1. The Morgan fingerprint density at radius 1 is 1.17 bits per heavy atom. The SMILES string of the molecule is COc1ccc(CN2C(=O)c3ccccc3C2CCC(=O)O)cc1. The van der Waals surface area contributed by atoms with Gasteiger partial charge in [-0.25, -0.2) is 0 Å². The van der Waals surface area contributed by atoms with E-state index in [1.165, 1.54) is 0 Å². The Bertz CT molecular complexity index is 754. The average Bonchev–Trinajstić information content (AvgIpc) is 2.86. The Morgan fingerprint density at radius 3 is 2.54 bits per heavy atom. The molecule has 1 aliphatic heterocycles. The molecule has 0 fully saturated rings. The zero-order valence-electron chi connectivity index (χ0n) is 13.4. The maximum atomic E-state index is 12.7. The summed E-state index contributed by atoms with van der Waals surface area (Å²) in [6, 6.07) is 14.8. The molecule has 24 heavy (non-hydrogen) atoms. The lowest BCUT2D eigenvalue weighted by Crippen LogP contribution is -2.28. The summed E-state index contributed by atoms with van der Waals surface area (Å²) in [5.41, 5.74) is 2.57. The van der Waals surface area contributed by atoms with E-state index in [2.05, 4.69) is 0 Å². The normalized spacial score (nSPS) is 16.1. The fraction of sp³-hybridized carbons (Fsp3) is 0.263. The number of rotatable bonds is 6. The summed E-state index contributed by atoms with van der Waals surface area (Å²) in [5, 5.41) is 9.00. The van der Waals surface area contributed by atoms with Crippen molar-refractivity contribution < 1.29 is 19.4 Å². The quantitative estimate of drug-likeness (QED) is 0.885. The first kappa shape index (κ1) is 16.1. The van der Waals surface area contributed by atoms with Crippen molar-refractivity contribution in [3.05, 3.63) is 65.2 Å². The van der Waals surface area contributed by atoms with Crippen LogP contribution in [0.4, 0.5) is 0 Å². The number of hydrogen-bond acceptors (Lipinski definition) is 3. The van der Waals surface area contributed by atoms with Crippen LogP contribution in [0.5, 0.6) is 5.75 Å². The minimum Gasteiger partial charge on any atom is -0.497 e. The summed E-state index contributed by atoms with van der Waals surface area (Å²) in [5.74, 6) is -0.134. The maximum absolute atomic E-state index is 12.7. The Hall–Kier alpha value is -2.82. The summed E-state index contributed by atoms with van der Waals surface area (Å²) in [7, 11) is 1.61. The van der Waals surface area contributed by atoms with Gasteiger partial charge < -0.3 is 14.7 Å². The van der Waals surface area contributed by atoms with Gasteiger partial charge in [0.2, 0.25) is 0 Å². The second kappa shape index (κ2) is 6.74. The zero-order valence-corrected chi connectivity index (χ0v) is 13.4. The third-order valence-corrected chi connectivity index (χ3v) is 4.33. The van der Waals surface area contributed by atoms with Crippen LogP contribution >= 0.6 is 0 Å². The highest BCUT2D eigenvalue weighted by atomic mass is 16.5. The van der Waals surface area contributed by atoms with E-state index in [9.17, 15) is 9.59 Å². The van der Waals surface area contributed by atoms with Gasteiger partial charge in [0.15, 0.2) is 0 Å². The number of hydrogen-bond donors (Lipinski definition) is 1. The molecule has 5 nitrogen and oxygen atoms in total. The highest BCUT2D eigenvalue weighted by Gasteiger charge is 2.36. The number of carbonyl (C=O) groups excluding carboxylic acids is 1. The van der Waals surface area contributed by atoms with Crippen LogP contribution < -0.4 is 4.74 Å². The van der Waals surface area contributed by atoms with E-state index in [-0.39, 0.29) is 18.4 Å². The van der Waals surface area contributed by atoms with Crippen LogP contribution in [-0.4, -0.2) is 29.0 Å². The number of carbonyl (C=O) groups is 2. The molecule has 0 spiro atoms. The molecule has 0 aliphatic carbocycles. The molecule has 0 aromatic heterocycles. The Kier molecular flexibility index (Phi) is 4.51. The predicted octanol–water partition coefficient (Wildman–Crippen LogP) is 3.26. The second-order valence-electron chi connectivity index (χ2n) is 5.82. The van der Waals surface area contributed by atoms with E-state index in [0.29, 0.717) is 18.5 Å². The molecule has 1 N–H and O–H groups in total. The van der Waals surface area contributed by atoms with Crippen molar-refractivity contribution in [3.63, 3.8) is 0 Å². The summed E-state index contributed by atoms with van der Waals surface area (Å²) >= 11 is 0. The summed E-state index contributed by atoms with van der Waals surface area (Å²) in [4.78, 5) is 25.5. The number of carboxylic acid groups (broad SMARTS) is 1. The Morgan fingerprint density at radius 2 is 1.88 bits per heavy atom. The third kappa shape index (κ3) is 3.11.